The number of hydrogen-bond donors (Lipinski definition) is 2. The van der Waals surface area contributed by atoms with E-state index in [0.29, 0.717) is 0 Å². The molecule has 2 aromatic rings. The van der Waals surface area contributed by atoms with Crippen molar-refractivity contribution in [3.63, 3.8) is 0 Å². The highest BCUT2D eigenvalue weighted by molar-refractivity contribution is 7.13. The van der Waals surface area contributed by atoms with Crippen LogP contribution in [0.4, 0.5) is 5.82 Å². The van der Waals surface area contributed by atoms with Crippen molar-refractivity contribution < 1.29 is 0 Å². The minimum absolute atomic E-state index is 0.920. The normalized spacial score (nSPS) is 10.3. The average Bonchev–Trinajstić information content (AvgIpc) is 2.72. The van der Waals surface area contributed by atoms with Gasteiger partial charge in [-0.2, -0.15) is 5.10 Å². The second-order valence-electron chi connectivity index (χ2n) is 2.80. The Balaban J connectivity index is 2.48. The zero-order valence-corrected chi connectivity index (χ0v) is 8.40. The van der Waals surface area contributed by atoms with E-state index in [1.165, 1.54) is 10.4 Å². The molecule has 2 rings (SSSR count). The fraction of sp³-hybridized carbons (Fsp3) is 0.222. The van der Waals surface area contributed by atoms with Crippen molar-refractivity contribution in [3.8, 4) is 10.6 Å². The van der Waals surface area contributed by atoms with E-state index in [1.807, 2.05) is 13.1 Å². The van der Waals surface area contributed by atoms with E-state index in [4.69, 9.17) is 0 Å². The van der Waals surface area contributed by atoms with E-state index in [1.54, 1.807) is 11.3 Å². The lowest BCUT2D eigenvalue weighted by Gasteiger charge is -1.95. The average molecular weight is 193 g/mol. The van der Waals surface area contributed by atoms with E-state index in [9.17, 15) is 0 Å². The highest BCUT2D eigenvalue weighted by Gasteiger charge is 2.09. The van der Waals surface area contributed by atoms with Gasteiger partial charge in [0.05, 0.1) is 10.6 Å². The minimum atomic E-state index is 0.920. The smallest absolute Gasteiger partial charge is 0.151 e. The topological polar surface area (TPSA) is 40.7 Å². The summed E-state index contributed by atoms with van der Waals surface area (Å²) in [6.07, 6.45) is 0. The predicted octanol–water partition coefficient (Wildman–Crippen LogP) is 2.49. The monoisotopic (exact) mass is 193 g/mol. The molecule has 0 bridgehead atoms. The number of hydrogen-bond acceptors (Lipinski definition) is 3. The zero-order valence-electron chi connectivity index (χ0n) is 7.59. The van der Waals surface area contributed by atoms with E-state index < -0.39 is 0 Å². The van der Waals surface area contributed by atoms with Crippen LogP contribution in [0.3, 0.4) is 0 Å². The van der Waals surface area contributed by atoms with Gasteiger partial charge in [0.1, 0.15) is 0 Å². The van der Waals surface area contributed by atoms with Gasteiger partial charge < -0.3 is 5.32 Å². The lowest BCUT2D eigenvalue weighted by atomic mass is 10.2. The third-order valence-corrected chi connectivity index (χ3v) is 2.90. The first-order valence-corrected chi connectivity index (χ1v) is 4.97. The summed E-state index contributed by atoms with van der Waals surface area (Å²) in [6, 6.07) is 4.13. The predicted molar refractivity (Wildman–Crippen MR) is 56.2 cm³/mol. The van der Waals surface area contributed by atoms with Crippen molar-refractivity contribution in [2.24, 2.45) is 0 Å². The highest BCUT2D eigenvalue weighted by atomic mass is 32.1. The van der Waals surface area contributed by atoms with Crippen LogP contribution in [0.15, 0.2) is 17.5 Å². The molecule has 0 aliphatic carbocycles. The molecular formula is C9H11N3S. The summed E-state index contributed by atoms with van der Waals surface area (Å²) in [4.78, 5) is 1.23. The Morgan fingerprint density at radius 3 is 2.92 bits per heavy atom. The van der Waals surface area contributed by atoms with Gasteiger partial charge in [0, 0.05) is 12.6 Å². The number of rotatable bonds is 2. The minimum Gasteiger partial charge on any atom is -0.371 e. The quantitative estimate of drug-likeness (QED) is 0.769. The third-order valence-electron chi connectivity index (χ3n) is 2.01. The molecule has 0 atom stereocenters. The van der Waals surface area contributed by atoms with Crippen LogP contribution in [-0.2, 0) is 0 Å². The molecule has 0 aliphatic heterocycles. The SMILES string of the molecule is CNc1n[nH]c(-c2cccs2)c1C. The number of aromatic nitrogens is 2. The van der Waals surface area contributed by atoms with Crippen LogP contribution in [-0.4, -0.2) is 17.2 Å². The van der Waals surface area contributed by atoms with Crippen molar-refractivity contribution in [3.05, 3.63) is 23.1 Å². The van der Waals surface area contributed by atoms with Crippen molar-refractivity contribution in [2.45, 2.75) is 6.92 Å². The molecule has 0 saturated carbocycles. The van der Waals surface area contributed by atoms with Crippen LogP contribution >= 0.6 is 11.3 Å². The molecule has 0 spiro atoms. The molecule has 0 fully saturated rings. The number of H-pyrrole nitrogens is 1. The second-order valence-corrected chi connectivity index (χ2v) is 3.75. The number of aromatic amines is 1. The van der Waals surface area contributed by atoms with Crippen LogP contribution in [0.25, 0.3) is 10.6 Å². The number of thiophene rings is 1. The summed E-state index contributed by atoms with van der Waals surface area (Å²) in [5.41, 5.74) is 2.28. The summed E-state index contributed by atoms with van der Waals surface area (Å²) < 4.78 is 0. The molecular weight excluding hydrogens is 182 g/mol. The molecule has 0 amide bonds. The van der Waals surface area contributed by atoms with Crippen molar-refractivity contribution >= 4 is 17.2 Å². The molecule has 2 aromatic heterocycles. The van der Waals surface area contributed by atoms with E-state index in [0.717, 1.165) is 11.5 Å². The molecule has 0 unspecified atom stereocenters. The first-order chi connectivity index (χ1) is 6.33. The Hall–Kier alpha value is -1.29. The molecule has 2 N–H and O–H groups in total. The molecule has 0 saturated heterocycles. The largest absolute Gasteiger partial charge is 0.371 e. The van der Waals surface area contributed by atoms with Gasteiger partial charge in [-0.3, -0.25) is 5.10 Å². The first-order valence-electron chi connectivity index (χ1n) is 4.09. The maximum absolute atomic E-state index is 4.16. The Morgan fingerprint density at radius 1 is 1.54 bits per heavy atom. The number of anilines is 1. The maximum Gasteiger partial charge on any atom is 0.151 e. The van der Waals surface area contributed by atoms with Crippen LogP contribution in [0.2, 0.25) is 0 Å². The fourth-order valence-corrected chi connectivity index (χ4v) is 2.08. The van der Waals surface area contributed by atoms with Gasteiger partial charge in [-0.05, 0) is 18.4 Å². The molecule has 13 heavy (non-hydrogen) atoms. The standard InChI is InChI=1S/C9H11N3S/c1-6-8(7-4-3-5-13-7)11-12-9(6)10-2/h3-5H,1-2H3,(H2,10,11,12). The Bertz CT molecular complexity index is 389. The van der Waals surface area contributed by atoms with Crippen LogP contribution in [0.1, 0.15) is 5.56 Å². The Labute approximate surface area is 80.8 Å². The molecule has 0 aliphatic rings. The molecule has 3 nitrogen and oxygen atoms in total. The third kappa shape index (κ3) is 1.33. The van der Waals surface area contributed by atoms with Crippen LogP contribution < -0.4 is 5.32 Å². The summed E-state index contributed by atoms with van der Waals surface area (Å²) in [7, 11) is 1.88. The van der Waals surface area contributed by atoms with E-state index in [2.05, 4.69) is 33.9 Å². The van der Waals surface area contributed by atoms with Gasteiger partial charge in [0.2, 0.25) is 0 Å². The van der Waals surface area contributed by atoms with Gasteiger partial charge in [0.25, 0.3) is 0 Å². The lowest BCUT2D eigenvalue weighted by molar-refractivity contribution is 1.09. The zero-order chi connectivity index (χ0) is 9.26. The Morgan fingerprint density at radius 2 is 2.38 bits per heavy atom. The van der Waals surface area contributed by atoms with Crippen LogP contribution in [0.5, 0.6) is 0 Å². The van der Waals surface area contributed by atoms with Crippen LogP contribution in [0, 0.1) is 6.92 Å². The molecule has 0 aromatic carbocycles. The van der Waals surface area contributed by atoms with Gasteiger partial charge >= 0.3 is 0 Å². The number of nitrogens with one attached hydrogen (secondary N) is 2. The Kier molecular flexibility index (Phi) is 2.06. The molecule has 0 radical (unpaired) electrons. The van der Waals surface area contributed by atoms with Crippen molar-refractivity contribution in [1.82, 2.24) is 10.2 Å². The molecule has 68 valence electrons. The fourth-order valence-electron chi connectivity index (χ4n) is 1.30. The van der Waals surface area contributed by atoms with Gasteiger partial charge in [-0.25, -0.2) is 0 Å². The van der Waals surface area contributed by atoms with Gasteiger partial charge in [0.15, 0.2) is 5.82 Å². The summed E-state index contributed by atoms with van der Waals surface area (Å²) in [5.74, 6) is 0.920. The van der Waals surface area contributed by atoms with Crippen molar-refractivity contribution in [2.75, 3.05) is 12.4 Å². The summed E-state index contributed by atoms with van der Waals surface area (Å²) in [5, 5.41) is 12.3. The molecule has 2 heterocycles. The molecule has 4 heteroatoms. The lowest BCUT2D eigenvalue weighted by Crippen LogP contribution is -1.89. The maximum atomic E-state index is 4.16. The summed E-state index contributed by atoms with van der Waals surface area (Å²) in [6.45, 7) is 2.06. The van der Waals surface area contributed by atoms with Crippen molar-refractivity contribution in [1.29, 1.82) is 0 Å². The van der Waals surface area contributed by atoms with E-state index in [-0.39, 0.29) is 0 Å². The highest BCUT2D eigenvalue weighted by Crippen LogP contribution is 2.28. The first kappa shape index (κ1) is 8.31. The number of nitrogens with zero attached hydrogens (tertiary/aromatic N) is 1. The van der Waals surface area contributed by atoms with E-state index >= 15 is 0 Å². The van der Waals surface area contributed by atoms with Gasteiger partial charge in [-0.1, -0.05) is 6.07 Å². The second kappa shape index (κ2) is 3.22. The summed E-state index contributed by atoms with van der Waals surface area (Å²) >= 11 is 1.71. The van der Waals surface area contributed by atoms with Gasteiger partial charge in [-0.15, -0.1) is 11.3 Å².